The minimum atomic E-state index is -0.658. The molecule has 0 saturated carbocycles. The fourth-order valence-electron chi connectivity index (χ4n) is 5.50. The van der Waals surface area contributed by atoms with Crippen LogP contribution in [0.2, 0.25) is 5.02 Å². The fraction of sp³-hybridized carbons (Fsp3) is 0.256. The maximum atomic E-state index is 11.8. The molecular weight excluding hydrogens is 866 g/mol. The number of nitro groups is 2. The Labute approximate surface area is 378 Å². The Bertz CT molecular complexity index is 2570. The van der Waals surface area contributed by atoms with Gasteiger partial charge in [0.2, 0.25) is 0 Å². The Morgan fingerprint density at radius 1 is 0.723 bits per heavy atom. The summed E-state index contributed by atoms with van der Waals surface area (Å²) < 4.78 is 20.7. The summed E-state index contributed by atoms with van der Waals surface area (Å²) in [5, 5.41) is 21.4. The molecule has 0 spiro atoms. The SMILES string of the molecule is CCCCOCc1cccc(-c2cnc(N)c(C(=O)OC)n2)c1.COC(=O)c1nc(-c2cccc(COCCN(C)c3ccncc3[N+](=O)[O-])c2)cnc1N.O=[N+]([O-])c1cnccc1Cl. The van der Waals surface area contributed by atoms with Gasteiger partial charge in [-0.3, -0.25) is 30.2 Å². The molecule has 6 aromatic rings. The summed E-state index contributed by atoms with van der Waals surface area (Å²) in [6, 6.07) is 18.2. The van der Waals surface area contributed by atoms with Crippen molar-refractivity contribution in [2.24, 2.45) is 0 Å². The fourth-order valence-corrected chi connectivity index (χ4v) is 5.68. The highest BCUT2D eigenvalue weighted by molar-refractivity contribution is 6.32. The van der Waals surface area contributed by atoms with Crippen molar-refractivity contribution >= 4 is 52.2 Å². The molecule has 0 unspecified atom stereocenters. The highest BCUT2D eigenvalue weighted by Gasteiger charge is 2.18. The standard InChI is InChI=1S/C21H22N6O5.C17H21N3O3.C5H3ClN2O2/c1-26(17-6-7-23-12-18(17)27(29)30)8-9-32-13-14-4-3-5-15(10-14)16-11-24-20(22)19(25-16)21(28)31-2;1-3-4-8-23-11-12-6-5-7-13(9-12)14-10-19-16(18)15(20-14)17(21)22-2;6-4-1-2-7-3-5(4)8(9)10/h3-7,10-12H,8-9,13H2,1-2H3,(H2,22,24);5-7,9-10H,3-4,8,11H2,1-2H3,(H2,18,19);1-3H. The van der Waals surface area contributed by atoms with E-state index in [0.29, 0.717) is 43.4 Å². The number of nitrogens with two attached hydrogens (primary N) is 2. The number of likely N-dealkylation sites (N-methyl/N-ethyl adjacent to an activating group) is 1. The van der Waals surface area contributed by atoms with Crippen LogP contribution in [-0.2, 0) is 32.2 Å². The molecule has 0 bridgehead atoms. The third-order valence-electron chi connectivity index (χ3n) is 8.89. The first-order valence-electron chi connectivity index (χ1n) is 19.6. The van der Waals surface area contributed by atoms with Gasteiger partial charge in [0.25, 0.3) is 0 Å². The second-order valence-corrected chi connectivity index (χ2v) is 13.9. The number of halogens is 1. The van der Waals surface area contributed by atoms with Gasteiger partial charge in [-0.25, -0.2) is 29.5 Å². The lowest BCUT2D eigenvalue weighted by Crippen LogP contribution is -2.23. The summed E-state index contributed by atoms with van der Waals surface area (Å²) in [6.07, 6.45) is 10.4. The van der Waals surface area contributed by atoms with E-state index in [-0.39, 0.29) is 39.4 Å². The molecular formula is C43H46ClN11O10. The third kappa shape index (κ3) is 14.9. The van der Waals surface area contributed by atoms with Crippen LogP contribution in [0.5, 0.6) is 0 Å². The monoisotopic (exact) mass is 911 g/mol. The lowest BCUT2D eigenvalue weighted by molar-refractivity contribution is -0.385. The van der Waals surface area contributed by atoms with Gasteiger partial charge in [0.05, 0.1) is 67.7 Å². The van der Waals surface area contributed by atoms with Gasteiger partial charge in [-0.15, -0.1) is 0 Å². The number of ether oxygens (including phenoxy) is 4. The second-order valence-electron chi connectivity index (χ2n) is 13.4. The molecule has 0 aliphatic carbocycles. The van der Waals surface area contributed by atoms with E-state index in [4.69, 9.17) is 32.5 Å². The van der Waals surface area contributed by atoms with E-state index in [0.717, 1.165) is 47.9 Å². The van der Waals surface area contributed by atoms with E-state index in [9.17, 15) is 29.8 Å². The van der Waals surface area contributed by atoms with Gasteiger partial charge in [-0.1, -0.05) is 61.3 Å². The van der Waals surface area contributed by atoms with Crippen LogP contribution < -0.4 is 16.4 Å². The van der Waals surface area contributed by atoms with Crippen molar-refractivity contribution in [3.8, 4) is 22.5 Å². The smallest absolute Gasteiger partial charge is 0.360 e. The first-order valence-corrected chi connectivity index (χ1v) is 19.9. The number of carbonyl (C=O) groups excluding carboxylic acids is 2. The molecule has 4 N–H and O–H groups in total. The van der Waals surface area contributed by atoms with Gasteiger partial charge in [0.1, 0.15) is 23.1 Å². The number of nitrogen functional groups attached to an aromatic ring is 2. The number of benzene rings is 2. The molecule has 22 heteroatoms. The molecule has 4 heterocycles. The van der Waals surface area contributed by atoms with Crippen molar-refractivity contribution in [1.29, 1.82) is 0 Å². The number of esters is 2. The lowest BCUT2D eigenvalue weighted by Gasteiger charge is -2.18. The zero-order chi connectivity index (χ0) is 47.3. The quantitative estimate of drug-likeness (QED) is 0.0405. The third-order valence-corrected chi connectivity index (χ3v) is 9.21. The summed E-state index contributed by atoms with van der Waals surface area (Å²) in [4.78, 5) is 69.3. The number of unbranched alkanes of at least 4 members (excludes halogenated alkanes) is 1. The first kappa shape index (κ1) is 49.9. The predicted octanol–water partition coefficient (Wildman–Crippen LogP) is 6.94. The predicted molar refractivity (Wildman–Crippen MR) is 241 cm³/mol. The molecule has 21 nitrogen and oxygen atoms in total. The normalized spacial score (nSPS) is 10.4. The van der Waals surface area contributed by atoms with Gasteiger partial charge in [0, 0.05) is 43.7 Å². The van der Waals surface area contributed by atoms with Crippen LogP contribution in [0.3, 0.4) is 0 Å². The number of carbonyl (C=O) groups is 2. The van der Waals surface area contributed by atoms with Gasteiger partial charge in [-0.05, 0) is 41.8 Å². The molecule has 0 aliphatic rings. The maximum absolute atomic E-state index is 11.8. The molecule has 2 aromatic carbocycles. The Kier molecular flexibility index (Phi) is 19.5. The first-order chi connectivity index (χ1) is 31.3. The summed E-state index contributed by atoms with van der Waals surface area (Å²) in [6.45, 7) is 4.55. The number of hydrogen-bond donors (Lipinski definition) is 2. The number of nitrogens with zero attached hydrogens (tertiary/aromatic N) is 9. The number of pyridine rings is 2. The Morgan fingerprint density at radius 3 is 1.68 bits per heavy atom. The number of methoxy groups -OCH3 is 2. The van der Waals surface area contributed by atoms with Crippen molar-refractivity contribution in [3.63, 3.8) is 0 Å². The van der Waals surface area contributed by atoms with Crippen molar-refractivity contribution in [3.05, 3.63) is 146 Å². The average molecular weight is 912 g/mol. The molecule has 6 rings (SSSR count). The number of anilines is 3. The van der Waals surface area contributed by atoms with Gasteiger partial charge in [0.15, 0.2) is 23.0 Å². The molecule has 65 heavy (non-hydrogen) atoms. The van der Waals surface area contributed by atoms with E-state index in [2.05, 4.69) is 46.3 Å². The molecule has 0 fully saturated rings. The van der Waals surface area contributed by atoms with Gasteiger partial charge < -0.3 is 35.3 Å². The molecule has 4 aromatic heterocycles. The molecule has 0 radical (unpaired) electrons. The second kappa shape index (κ2) is 25.4. The van der Waals surface area contributed by atoms with Crippen LogP contribution in [0.15, 0.2) is 97.8 Å². The molecule has 0 aliphatic heterocycles. The number of hydrogen-bond acceptors (Lipinski definition) is 19. The van der Waals surface area contributed by atoms with Crippen LogP contribution in [0.25, 0.3) is 22.5 Å². The molecule has 340 valence electrons. The number of rotatable bonds is 17. The summed E-state index contributed by atoms with van der Waals surface area (Å²) in [5.74, 6) is -1.20. The van der Waals surface area contributed by atoms with Crippen LogP contribution >= 0.6 is 11.6 Å². The van der Waals surface area contributed by atoms with Crippen molar-refractivity contribution < 1.29 is 38.4 Å². The van der Waals surface area contributed by atoms with E-state index in [1.54, 1.807) is 24.2 Å². The Balaban J connectivity index is 0.000000243. The largest absolute Gasteiger partial charge is 0.464 e. The van der Waals surface area contributed by atoms with Crippen molar-refractivity contribution in [2.45, 2.75) is 33.0 Å². The van der Waals surface area contributed by atoms with Gasteiger partial charge in [-0.2, -0.15) is 0 Å². The van der Waals surface area contributed by atoms with Crippen molar-refractivity contribution in [2.75, 3.05) is 57.4 Å². The average Bonchev–Trinajstić information content (AvgIpc) is 3.32. The van der Waals surface area contributed by atoms with Crippen molar-refractivity contribution in [1.82, 2.24) is 29.9 Å². The molecule has 0 saturated heterocycles. The Hall–Kier alpha value is -7.75. The van der Waals surface area contributed by atoms with Crippen LogP contribution in [0.4, 0.5) is 28.7 Å². The summed E-state index contributed by atoms with van der Waals surface area (Å²) in [5.41, 5.74) is 16.2. The summed E-state index contributed by atoms with van der Waals surface area (Å²) in [7, 11) is 4.29. The minimum Gasteiger partial charge on any atom is -0.464 e. The topological polar surface area (TPSA) is 290 Å². The van der Waals surface area contributed by atoms with E-state index < -0.39 is 21.8 Å². The van der Waals surface area contributed by atoms with Crippen LogP contribution in [0, 0.1) is 20.2 Å². The summed E-state index contributed by atoms with van der Waals surface area (Å²) >= 11 is 5.44. The zero-order valence-corrected chi connectivity index (χ0v) is 36.6. The Morgan fingerprint density at radius 2 is 1.22 bits per heavy atom. The lowest BCUT2D eigenvalue weighted by atomic mass is 10.1. The maximum Gasteiger partial charge on any atom is 0.360 e. The minimum absolute atomic E-state index is 0.00126. The molecule has 0 amide bonds. The van der Waals surface area contributed by atoms with Crippen LogP contribution in [0.1, 0.15) is 51.9 Å². The van der Waals surface area contributed by atoms with E-state index in [1.165, 1.54) is 45.1 Å². The number of aromatic nitrogens is 6. The molecule has 0 atom stereocenters. The van der Waals surface area contributed by atoms with Crippen LogP contribution in [-0.4, -0.2) is 92.7 Å². The van der Waals surface area contributed by atoms with E-state index >= 15 is 0 Å². The zero-order valence-electron chi connectivity index (χ0n) is 35.8. The highest BCUT2D eigenvalue weighted by Crippen LogP contribution is 2.26. The highest BCUT2D eigenvalue weighted by atomic mass is 35.5. The van der Waals surface area contributed by atoms with Gasteiger partial charge >= 0.3 is 23.3 Å². The van der Waals surface area contributed by atoms with E-state index in [1.807, 2.05) is 48.5 Å².